The molecule has 0 spiro atoms. The molecule has 178 valence electrons. The molecule has 9 N–H and O–H groups in total. The fraction of sp³-hybridized carbons (Fsp3) is 0.524. The minimum Gasteiger partial charge on any atom is -0.480 e. The molecular formula is C21H33N5O6. The first kappa shape index (κ1) is 27.0. The lowest BCUT2D eigenvalue weighted by Gasteiger charge is -2.25. The zero-order valence-electron chi connectivity index (χ0n) is 18.1. The predicted molar refractivity (Wildman–Crippen MR) is 117 cm³/mol. The topological polar surface area (TPSA) is 197 Å². The first-order valence-corrected chi connectivity index (χ1v) is 10.4. The minimum absolute atomic E-state index is 0.0805. The molecule has 4 atom stereocenters. The van der Waals surface area contributed by atoms with Gasteiger partial charge in [-0.25, -0.2) is 0 Å². The van der Waals surface area contributed by atoms with Gasteiger partial charge in [-0.05, 0) is 31.9 Å². The molecule has 4 unspecified atom stereocenters. The summed E-state index contributed by atoms with van der Waals surface area (Å²) in [7, 11) is 0. The summed E-state index contributed by atoms with van der Waals surface area (Å²) in [6, 6.07) is 5.44. The normalized spacial score (nSPS) is 14.5. The molecule has 0 radical (unpaired) electrons. The summed E-state index contributed by atoms with van der Waals surface area (Å²) in [5.41, 5.74) is 12.0. The third-order valence-corrected chi connectivity index (χ3v) is 4.70. The Kier molecular flexibility index (Phi) is 11.9. The lowest BCUT2D eigenvalue weighted by Crippen LogP contribution is -2.59. The van der Waals surface area contributed by atoms with Gasteiger partial charge in [-0.2, -0.15) is 0 Å². The van der Waals surface area contributed by atoms with Crippen molar-refractivity contribution < 1.29 is 29.4 Å². The number of carbonyl (C=O) groups is 4. The quantitative estimate of drug-likeness (QED) is 0.161. The standard InChI is InChI=1S/C21H33N5O6/c1-13(27)18(26-19(30)15(23)9-5-6-10-22)21(32)25-16(20(31)24-12-17(28)29)11-14-7-3-2-4-8-14/h2-4,7-8,13,15-16,18,27H,5-6,9-12,22-23H2,1H3,(H,24,31)(H,25,32)(H,26,30)(H,28,29). The number of unbranched alkanes of at least 4 members (excludes halogenated alkanes) is 1. The number of aliphatic carboxylic acids is 1. The highest BCUT2D eigenvalue weighted by Gasteiger charge is 2.31. The van der Waals surface area contributed by atoms with E-state index in [1.807, 2.05) is 0 Å². The lowest BCUT2D eigenvalue weighted by atomic mass is 10.0. The Morgan fingerprint density at radius 2 is 1.66 bits per heavy atom. The molecule has 11 nitrogen and oxygen atoms in total. The molecule has 32 heavy (non-hydrogen) atoms. The van der Waals surface area contributed by atoms with Crippen LogP contribution in [0.25, 0.3) is 0 Å². The molecule has 0 heterocycles. The van der Waals surface area contributed by atoms with Crippen LogP contribution in [0.15, 0.2) is 30.3 Å². The Labute approximate surface area is 186 Å². The van der Waals surface area contributed by atoms with Crippen LogP contribution in [0, 0.1) is 0 Å². The zero-order valence-corrected chi connectivity index (χ0v) is 18.1. The number of carbonyl (C=O) groups excluding carboxylic acids is 3. The lowest BCUT2D eigenvalue weighted by molar-refractivity contribution is -0.138. The number of hydrogen-bond donors (Lipinski definition) is 7. The van der Waals surface area contributed by atoms with E-state index in [-0.39, 0.29) is 6.42 Å². The van der Waals surface area contributed by atoms with Gasteiger partial charge in [-0.15, -0.1) is 0 Å². The molecule has 1 rings (SSSR count). The Morgan fingerprint density at radius 1 is 1.00 bits per heavy atom. The van der Waals surface area contributed by atoms with E-state index in [1.165, 1.54) is 6.92 Å². The van der Waals surface area contributed by atoms with E-state index in [0.29, 0.717) is 25.8 Å². The van der Waals surface area contributed by atoms with E-state index in [9.17, 15) is 24.3 Å². The fourth-order valence-corrected chi connectivity index (χ4v) is 2.91. The third kappa shape index (κ3) is 9.86. The molecular weight excluding hydrogens is 418 g/mol. The average molecular weight is 452 g/mol. The number of aliphatic hydroxyl groups excluding tert-OH is 1. The molecule has 0 saturated carbocycles. The van der Waals surface area contributed by atoms with Gasteiger partial charge in [0.15, 0.2) is 0 Å². The van der Waals surface area contributed by atoms with Gasteiger partial charge in [0.2, 0.25) is 17.7 Å². The molecule has 1 aromatic carbocycles. The highest BCUT2D eigenvalue weighted by atomic mass is 16.4. The van der Waals surface area contributed by atoms with Crippen LogP contribution in [0.1, 0.15) is 31.7 Å². The third-order valence-electron chi connectivity index (χ3n) is 4.70. The first-order valence-electron chi connectivity index (χ1n) is 10.4. The molecule has 0 bridgehead atoms. The molecule has 0 saturated heterocycles. The summed E-state index contributed by atoms with van der Waals surface area (Å²) in [4.78, 5) is 48.4. The molecule has 11 heteroatoms. The van der Waals surface area contributed by atoms with Crippen LogP contribution in [0.3, 0.4) is 0 Å². The van der Waals surface area contributed by atoms with Crippen molar-refractivity contribution in [1.82, 2.24) is 16.0 Å². The summed E-state index contributed by atoms with van der Waals surface area (Å²) >= 11 is 0. The molecule has 1 aromatic rings. The molecule has 0 aromatic heterocycles. The Morgan fingerprint density at radius 3 is 2.22 bits per heavy atom. The number of carboxylic acid groups (broad SMARTS) is 1. The van der Waals surface area contributed by atoms with Gasteiger partial charge < -0.3 is 37.6 Å². The molecule has 3 amide bonds. The number of nitrogens with two attached hydrogens (primary N) is 2. The van der Waals surface area contributed by atoms with Crippen LogP contribution in [-0.2, 0) is 25.6 Å². The van der Waals surface area contributed by atoms with E-state index in [1.54, 1.807) is 30.3 Å². The Hall–Kier alpha value is -3.02. The zero-order chi connectivity index (χ0) is 24.1. The Balaban J connectivity index is 2.88. The number of benzene rings is 1. The van der Waals surface area contributed by atoms with Gasteiger partial charge in [0.25, 0.3) is 0 Å². The molecule has 0 aliphatic rings. The highest BCUT2D eigenvalue weighted by Crippen LogP contribution is 2.06. The summed E-state index contributed by atoms with van der Waals surface area (Å²) in [5, 5.41) is 26.0. The number of hydrogen-bond acceptors (Lipinski definition) is 7. The van der Waals surface area contributed by atoms with Crippen LogP contribution >= 0.6 is 0 Å². The minimum atomic E-state index is -1.35. The van der Waals surface area contributed by atoms with E-state index in [0.717, 1.165) is 5.56 Å². The van der Waals surface area contributed by atoms with E-state index >= 15 is 0 Å². The number of carboxylic acids is 1. The summed E-state index contributed by atoms with van der Waals surface area (Å²) in [5.74, 6) is -3.36. The van der Waals surface area contributed by atoms with Crippen LogP contribution < -0.4 is 27.4 Å². The largest absolute Gasteiger partial charge is 0.480 e. The van der Waals surface area contributed by atoms with Gasteiger partial charge in [0.05, 0.1) is 12.1 Å². The number of aliphatic hydroxyl groups is 1. The second-order valence-corrected chi connectivity index (χ2v) is 7.48. The maximum atomic E-state index is 12.8. The second-order valence-electron chi connectivity index (χ2n) is 7.48. The van der Waals surface area contributed by atoms with Crippen LogP contribution in [0.4, 0.5) is 0 Å². The Bertz CT molecular complexity index is 758. The second kappa shape index (κ2) is 14.1. The molecule has 0 aliphatic heterocycles. The summed E-state index contributed by atoms with van der Waals surface area (Å²) in [6.45, 7) is 1.18. The van der Waals surface area contributed by atoms with Crippen LogP contribution in [-0.4, -0.2) is 71.2 Å². The number of nitrogens with one attached hydrogen (secondary N) is 3. The van der Waals surface area contributed by atoms with E-state index in [4.69, 9.17) is 16.6 Å². The average Bonchev–Trinajstić information content (AvgIpc) is 2.75. The van der Waals surface area contributed by atoms with Crippen molar-refractivity contribution in [3.63, 3.8) is 0 Å². The van der Waals surface area contributed by atoms with Crippen molar-refractivity contribution in [2.75, 3.05) is 13.1 Å². The highest BCUT2D eigenvalue weighted by molar-refractivity contribution is 5.94. The maximum absolute atomic E-state index is 12.8. The van der Waals surface area contributed by atoms with Crippen molar-refractivity contribution in [3.8, 4) is 0 Å². The van der Waals surface area contributed by atoms with Gasteiger partial charge in [0.1, 0.15) is 18.6 Å². The van der Waals surface area contributed by atoms with Gasteiger partial charge in [0, 0.05) is 6.42 Å². The number of amides is 3. The van der Waals surface area contributed by atoms with Crippen molar-refractivity contribution in [3.05, 3.63) is 35.9 Å². The fourth-order valence-electron chi connectivity index (χ4n) is 2.91. The van der Waals surface area contributed by atoms with E-state index in [2.05, 4.69) is 16.0 Å². The van der Waals surface area contributed by atoms with Crippen molar-refractivity contribution in [2.45, 2.75) is 56.8 Å². The summed E-state index contributed by atoms with van der Waals surface area (Å²) in [6.07, 6.45) is 0.519. The van der Waals surface area contributed by atoms with Crippen LogP contribution in [0.5, 0.6) is 0 Å². The van der Waals surface area contributed by atoms with Gasteiger partial charge >= 0.3 is 5.97 Å². The monoisotopic (exact) mass is 451 g/mol. The van der Waals surface area contributed by atoms with Gasteiger partial charge in [-0.3, -0.25) is 19.2 Å². The molecule has 0 aliphatic carbocycles. The number of rotatable bonds is 14. The van der Waals surface area contributed by atoms with Crippen molar-refractivity contribution in [1.29, 1.82) is 0 Å². The van der Waals surface area contributed by atoms with Gasteiger partial charge in [-0.1, -0.05) is 36.8 Å². The van der Waals surface area contributed by atoms with Crippen molar-refractivity contribution >= 4 is 23.7 Å². The maximum Gasteiger partial charge on any atom is 0.322 e. The van der Waals surface area contributed by atoms with Crippen LogP contribution in [0.2, 0.25) is 0 Å². The van der Waals surface area contributed by atoms with Crippen molar-refractivity contribution in [2.24, 2.45) is 11.5 Å². The SMILES string of the molecule is CC(O)C(NC(=O)C(N)CCCCN)C(=O)NC(Cc1ccccc1)C(=O)NCC(=O)O. The molecule has 0 fully saturated rings. The first-order chi connectivity index (χ1) is 15.1. The van der Waals surface area contributed by atoms with E-state index < -0.39 is 54.5 Å². The smallest absolute Gasteiger partial charge is 0.322 e. The predicted octanol–water partition coefficient (Wildman–Crippen LogP) is -1.76. The summed E-state index contributed by atoms with van der Waals surface area (Å²) < 4.78 is 0.